The van der Waals surface area contributed by atoms with Crippen molar-refractivity contribution in [3.05, 3.63) is 65.7 Å². The van der Waals surface area contributed by atoms with Gasteiger partial charge in [-0.25, -0.2) is 0 Å². The molecule has 2 aliphatic rings. The molecule has 144 valence electrons. The Balaban J connectivity index is 1.44. The quantitative estimate of drug-likeness (QED) is 0.648. The smallest absolute Gasteiger partial charge is 0.0886 e. The summed E-state index contributed by atoms with van der Waals surface area (Å²) in [6.45, 7) is 2.53. The Kier molecular flexibility index (Phi) is 5.54. The van der Waals surface area contributed by atoms with Gasteiger partial charge in [-0.2, -0.15) is 0 Å². The van der Waals surface area contributed by atoms with Crippen LogP contribution in [0.3, 0.4) is 0 Å². The number of hydrogen-bond acceptors (Lipinski definition) is 1. The van der Waals surface area contributed by atoms with E-state index >= 15 is 0 Å². The molecule has 27 heavy (non-hydrogen) atoms. The fraction of sp³-hybridized carbons (Fsp3) is 0.520. The summed E-state index contributed by atoms with van der Waals surface area (Å²) in [5, 5.41) is 0. The van der Waals surface area contributed by atoms with Gasteiger partial charge in [-0.15, -0.1) is 0 Å². The summed E-state index contributed by atoms with van der Waals surface area (Å²) in [6, 6.07) is 21.6. The molecule has 0 saturated carbocycles. The van der Waals surface area contributed by atoms with E-state index in [1.807, 2.05) is 0 Å². The Bertz CT molecular complexity index is 712. The van der Waals surface area contributed by atoms with Crippen LogP contribution in [0.4, 0.5) is 5.69 Å². The van der Waals surface area contributed by atoms with E-state index in [0.717, 1.165) is 6.04 Å². The van der Waals surface area contributed by atoms with E-state index in [9.17, 15) is 0 Å². The van der Waals surface area contributed by atoms with Crippen LogP contribution in [-0.2, 0) is 12.8 Å². The fourth-order valence-electron chi connectivity index (χ4n) is 5.32. The highest BCUT2D eigenvalue weighted by atomic mass is 15.3. The van der Waals surface area contributed by atoms with Crippen molar-refractivity contribution in [3.63, 3.8) is 0 Å². The van der Waals surface area contributed by atoms with Gasteiger partial charge in [-0.3, -0.25) is 0 Å². The van der Waals surface area contributed by atoms with Crippen LogP contribution in [0.5, 0.6) is 0 Å². The second-order valence-electron chi connectivity index (χ2n) is 9.15. The summed E-state index contributed by atoms with van der Waals surface area (Å²) < 4.78 is 1.22. The number of fused-ring (bicyclic) bond motifs is 1. The van der Waals surface area contributed by atoms with E-state index in [4.69, 9.17) is 0 Å². The number of para-hydroxylation sites is 1. The maximum atomic E-state index is 2.70. The number of likely N-dealkylation sites (tertiary alicyclic amines) is 1. The molecule has 1 saturated heterocycles. The number of quaternary nitrogens is 1. The molecule has 4 rings (SSSR count). The molecule has 2 aromatic rings. The lowest BCUT2D eigenvalue weighted by atomic mass is 9.96. The van der Waals surface area contributed by atoms with Crippen molar-refractivity contribution < 1.29 is 4.48 Å². The van der Waals surface area contributed by atoms with Crippen molar-refractivity contribution >= 4 is 5.69 Å². The van der Waals surface area contributed by atoms with Crippen LogP contribution >= 0.6 is 0 Å². The zero-order valence-electron chi connectivity index (χ0n) is 17.1. The number of anilines is 1. The van der Waals surface area contributed by atoms with Crippen molar-refractivity contribution in [1.29, 1.82) is 0 Å². The molecular formula is C25H35N2+. The highest BCUT2D eigenvalue weighted by molar-refractivity contribution is 5.49. The maximum Gasteiger partial charge on any atom is 0.0886 e. The predicted molar refractivity (Wildman–Crippen MR) is 115 cm³/mol. The molecule has 1 fully saturated rings. The van der Waals surface area contributed by atoms with Gasteiger partial charge in [-0.1, -0.05) is 42.5 Å². The summed E-state index contributed by atoms with van der Waals surface area (Å²) in [7, 11) is 4.87. The van der Waals surface area contributed by atoms with Gasteiger partial charge in [0.2, 0.25) is 0 Å². The molecule has 2 nitrogen and oxygen atoms in total. The first-order valence-electron chi connectivity index (χ1n) is 10.8. The minimum absolute atomic E-state index is 0.610. The van der Waals surface area contributed by atoms with Gasteiger partial charge < -0.3 is 9.38 Å². The third-order valence-corrected chi connectivity index (χ3v) is 7.00. The third kappa shape index (κ3) is 4.21. The van der Waals surface area contributed by atoms with Crippen molar-refractivity contribution in [3.8, 4) is 0 Å². The van der Waals surface area contributed by atoms with E-state index in [-0.39, 0.29) is 0 Å². The van der Waals surface area contributed by atoms with Crippen LogP contribution in [0.15, 0.2) is 54.6 Å². The van der Waals surface area contributed by atoms with E-state index in [1.54, 1.807) is 11.1 Å². The van der Waals surface area contributed by atoms with Crippen LogP contribution in [0.25, 0.3) is 0 Å². The number of benzene rings is 2. The van der Waals surface area contributed by atoms with Crippen LogP contribution < -0.4 is 4.90 Å². The molecule has 1 aliphatic heterocycles. The molecule has 1 aliphatic carbocycles. The first kappa shape index (κ1) is 18.6. The number of nitrogens with zero attached hydrogens (tertiary/aromatic N) is 2. The largest absolute Gasteiger partial charge is 0.368 e. The van der Waals surface area contributed by atoms with Crippen LogP contribution in [0.1, 0.15) is 43.2 Å². The van der Waals surface area contributed by atoms with Crippen LogP contribution in [0, 0.1) is 0 Å². The highest BCUT2D eigenvalue weighted by Gasteiger charge is 2.32. The van der Waals surface area contributed by atoms with Gasteiger partial charge in [0, 0.05) is 24.7 Å². The zero-order valence-corrected chi connectivity index (χ0v) is 17.1. The normalized spacial score (nSPS) is 21.8. The molecule has 1 atom stereocenters. The van der Waals surface area contributed by atoms with Crippen molar-refractivity contribution in [1.82, 2.24) is 0 Å². The van der Waals surface area contributed by atoms with Crippen molar-refractivity contribution in [2.75, 3.05) is 32.1 Å². The third-order valence-electron chi connectivity index (χ3n) is 7.00. The lowest BCUT2D eigenvalue weighted by Gasteiger charge is -2.42. The molecular weight excluding hydrogens is 328 g/mol. The van der Waals surface area contributed by atoms with Gasteiger partial charge in [0.15, 0.2) is 0 Å². The SMILES string of the molecule is C[N+]1(C)CCCCC1CCCN(c1ccccc1)C1Cc2ccccc2C1. The van der Waals surface area contributed by atoms with Gasteiger partial charge in [-0.05, 0) is 61.8 Å². The first-order valence-corrected chi connectivity index (χ1v) is 10.8. The molecule has 0 aromatic heterocycles. The Morgan fingerprint density at radius 1 is 0.889 bits per heavy atom. The molecule has 0 amide bonds. The van der Waals surface area contributed by atoms with Gasteiger partial charge in [0.05, 0.1) is 26.7 Å². The maximum absolute atomic E-state index is 2.70. The van der Waals surface area contributed by atoms with Gasteiger partial charge >= 0.3 is 0 Å². The minimum Gasteiger partial charge on any atom is -0.368 e. The van der Waals surface area contributed by atoms with E-state index in [2.05, 4.69) is 73.6 Å². The predicted octanol–water partition coefficient (Wildman–Crippen LogP) is 5.07. The Labute approximate surface area is 165 Å². The lowest BCUT2D eigenvalue weighted by molar-refractivity contribution is -0.920. The molecule has 0 bridgehead atoms. The molecule has 0 radical (unpaired) electrons. The molecule has 2 aromatic carbocycles. The lowest BCUT2D eigenvalue weighted by Crippen LogP contribution is -2.52. The second kappa shape index (κ2) is 8.06. The Hall–Kier alpha value is -1.80. The average molecular weight is 364 g/mol. The number of hydrogen-bond donors (Lipinski definition) is 0. The van der Waals surface area contributed by atoms with E-state index in [0.29, 0.717) is 6.04 Å². The monoisotopic (exact) mass is 363 g/mol. The van der Waals surface area contributed by atoms with Gasteiger partial charge in [0.25, 0.3) is 0 Å². The first-order chi connectivity index (χ1) is 13.1. The molecule has 1 heterocycles. The van der Waals surface area contributed by atoms with Gasteiger partial charge in [0.1, 0.15) is 0 Å². The molecule has 2 heteroatoms. The standard InChI is InChI=1S/C25H35N2/c1-27(2)18-9-8-15-25(27)16-10-17-26(23-13-4-3-5-14-23)24-19-21-11-6-7-12-22(21)20-24/h3-7,11-14,24-25H,8-10,15-20H2,1-2H3/q+1. The molecule has 0 spiro atoms. The number of piperidine rings is 1. The molecule has 1 unspecified atom stereocenters. The average Bonchev–Trinajstić information content (AvgIpc) is 3.10. The second-order valence-corrected chi connectivity index (χ2v) is 9.15. The summed E-state index contributed by atoms with van der Waals surface area (Å²) >= 11 is 0. The minimum atomic E-state index is 0.610. The van der Waals surface area contributed by atoms with Crippen molar-refractivity contribution in [2.24, 2.45) is 0 Å². The summed E-state index contributed by atoms with van der Waals surface area (Å²) in [6.07, 6.45) is 9.27. The van der Waals surface area contributed by atoms with Crippen molar-refractivity contribution in [2.45, 2.75) is 57.0 Å². The Morgan fingerprint density at radius 3 is 2.22 bits per heavy atom. The van der Waals surface area contributed by atoms with E-state index in [1.165, 1.54) is 68.2 Å². The summed E-state index contributed by atoms with van der Waals surface area (Å²) in [5.41, 5.74) is 4.50. The summed E-state index contributed by atoms with van der Waals surface area (Å²) in [4.78, 5) is 2.70. The fourth-order valence-corrected chi connectivity index (χ4v) is 5.32. The highest BCUT2D eigenvalue weighted by Crippen LogP contribution is 2.30. The van der Waals surface area contributed by atoms with E-state index < -0.39 is 0 Å². The molecule has 0 N–H and O–H groups in total. The van der Waals surface area contributed by atoms with Crippen LogP contribution in [-0.4, -0.2) is 43.8 Å². The zero-order chi connectivity index (χ0) is 18.7. The topological polar surface area (TPSA) is 3.24 Å². The number of rotatable bonds is 6. The summed E-state index contributed by atoms with van der Waals surface area (Å²) in [5.74, 6) is 0. The van der Waals surface area contributed by atoms with Crippen LogP contribution in [0.2, 0.25) is 0 Å². The Morgan fingerprint density at radius 2 is 1.56 bits per heavy atom.